The third kappa shape index (κ3) is 4.14. The Kier molecular flexibility index (Phi) is 6.21. The number of rotatable bonds is 8. The highest BCUT2D eigenvalue weighted by Crippen LogP contribution is 2.29. The minimum atomic E-state index is -1.14. The van der Waals surface area contributed by atoms with Crippen molar-refractivity contribution in [3.63, 3.8) is 0 Å². The molecule has 2 amide bonds. The highest BCUT2D eigenvalue weighted by Gasteiger charge is 2.20. The molecule has 2 rings (SSSR count). The number of hydrogen-bond acceptors (Lipinski definition) is 4. The van der Waals surface area contributed by atoms with Gasteiger partial charge in [-0.2, -0.15) is 0 Å². The zero-order valence-corrected chi connectivity index (χ0v) is 15.1. The fourth-order valence-corrected chi connectivity index (χ4v) is 2.86. The number of carbonyl (C=O) groups is 3. The summed E-state index contributed by atoms with van der Waals surface area (Å²) in [6.07, 6.45) is 0. The van der Waals surface area contributed by atoms with E-state index in [0.29, 0.717) is 18.8 Å². The van der Waals surface area contributed by atoms with Gasteiger partial charge in [-0.3, -0.25) is 14.4 Å². The molecule has 2 aromatic rings. The summed E-state index contributed by atoms with van der Waals surface area (Å²) < 4.78 is 7.41. The van der Waals surface area contributed by atoms with Crippen molar-refractivity contribution < 1.29 is 24.2 Å². The fraction of sp³-hybridized carbons (Fsp3) is 0.389. The molecule has 0 aliphatic heterocycles. The van der Waals surface area contributed by atoms with Crippen molar-refractivity contribution in [1.82, 2.24) is 15.2 Å². The highest BCUT2D eigenvalue weighted by molar-refractivity contribution is 6.03. The lowest BCUT2D eigenvalue weighted by molar-refractivity contribution is -0.137. The van der Waals surface area contributed by atoms with Crippen molar-refractivity contribution >= 4 is 28.7 Å². The van der Waals surface area contributed by atoms with Gasteiger partial charge in [0.1, 0.15) is 18.0 Å². The summed E-state index contributed by atoms with van der Waals surface area (Å²) in [7, 11) is 0. The van der Waals surface area contributed by atoms with Crippen LogP contribution in [0.2, 0.25) is 0 Å². The monoisotopic (exact) mass is 361 g/mol. The number of hydrogen-bond donors (Lipinski definition) is 3. The number of nitrogens with zero attached hydrogens (tertiary/aromatic N) is 1. The van der Waals surface area contributed by atoms with Crippen molar-refractivity contribution in [2.24, 2.45) is 0 Å². The summed E-state index contributed by atoms with van der Waals surface area (Å²) in [6.45, 7) is 6.06. The third-order valence-electron chi connectivity index (χ3n) is 3.98. The largest absolute Gasteiger partial charge is 0.494 e. The average Bonchev–Trinajstić information content (AvgIpc) is 2.90. The zero-order chi connectivity index (χ0) is 19.3. The summed E-state index contributed by atoms with van der Waals surface area (Å²) in [6, 6.07) is 5.67. The van der Waals surface area contributed by atoms with E-state index in [-0.39, 0.29) is 12.5 Å². The number of aryl methyl sites for hydroxylation is 2. The molecule has 0 spiro atoms. The van der Waals surface area contributed by atoms with Crippen LogP contribution in [0, 0.1) is 6.92 Å². The number of benzene rings is 1. The van der Waals surface area contributed by atoms with Gasteiger partial charge in [0, 0.05) is 17.4 Å². The lowest BCUT2D eigenvalue weighted by atomic mass is 10.1. The van der Waals surface area contributed by atoms with Gasteiger partial charge in [0.05, 0.1) is 13.2 Å². The van der Waals surface area contributed by atoms with Crippen LogP contribution in [0.1, 0.15) is 29.9 Å². The van der Waals surface area contributed by atoms with Crippen LogP contribution in [0.4, 0.5) is 0 Å². The number of amides is 2. The van der Waals surface area contributed by atoms with Crippen LogP contribution < -0.4 is 15.4 Å². The maximum absolute atomic E-state index is 12.6. The molecule has 0 bridgehead atoms. The average molecular weight is 361 g/mol. The van der Waals surface area contributed by atoms with Crippen LogP contribution in [0.15, 0.2) is 18.2 Å². The first-order valence-corrected chi connectivity index (χ1v) is 8.41. The fourth-order valence-electron chi connectivity index (χ4n) is 2.86. The summed E-state index contributed by atoms with van der Waals surface area (Å²) in [5.74, 6) is -1.35. The molecule has 0 aliphatic rings. The van der Waals surface area contributed by atoms with E-state index in [1.165, 1.54) is 0 Å². The molecule has 8 heteroatoms. The SMILES string of the molecule is CCOc1ccc2c(c1)c(C)c(C(=O)NCC(=O)NCC(=O)O)n2CC. The highest BCUT2D eigenvalue weighted by atomic mass is 16.5. The van der Waals surface area contributed by atoms with Gasteiger partial charge in [0.25, 0.3) is 5.91 Å². The first-order valence-electron chi connectivity index (χ1n) is 8.41. The molecule has 0 saturated heterocycles. The predicted octanol–water partition coefficient (Wildman–Crippen LogP) is 1.30. The number of carboxylic acid groups (broad SMARTS) is 1. The summed E-state index contributed by atoms with van der Waals surface area (Å²) in [5, 5.41) is 14.2. The Hall–Kier alpha value is -3.03. The Morgan fingerprint density at radius 1 is 1.15 bits per heavy atom. The van der Waals surface area contributed by atoms with Crippen molar-refractivity contribution in [2.75, 3.05) is 19.7 Å². The van der Waals surface area contributed by atoms with Crippen molar-refractivity contribution in [1.29, 1.82) is 0 Å². The Balaban J connectivity index is 2.24. The topological polar surface area (TPSA) is 110 Å². The Labute approximate surface area is 151 Å². The van der Waals surface area contributed by atoms with Gasteiger partial charge < -0.3 is 25.0 Å². The Morgan fingerprint density at radius 3 is 2.50 bits per heavy atom. The summed E-state index contributed by atoms with van der Waals surface area (Å²) in [5.41, 5.74) is 2.18. The number of carbonyl (C=O) groups excluding carboxylic acids is 2. The van der Waals surface area contributed by atoms with Gasteiger partial charge in [0.15, 0.2) is 0 Å². The predicted molar refractivity (Wildman–Crippen MR) is 96.5 cm³/mol. The number of aliphatic carboxylic acids is 1. The molecule has 3 N–H and O–H groups in total. The van der Waals surface area contributed by atoms with Crippen LogP contribution in [0.3, 0.4) is 0 Å². The van der Waals surface area contributed by atoms with Crippen molar-refractivity contribution in [3.8, 4) is 5.75 Å². The molecule has 0 radical (unpaired) electrons. The van der Waals surface area contributed by atoms with Crippen molar-refractivity contribution in [3.05, 3.63) is 29.5 Å². The van der Waals surface area contributed by atoms with Gasteiger partial charge in [0.2, 0.25) is 5.91 Å². The van der Waals surface area contributed by atoms with E-state index < -0.39 is 18.4 Å². The number of aromatic nitrogens is 1. The molecule has 140 valence electrons. The van der Waals surface area contributed by atoms with Crippen molar-refractivity contribution in [2.45, 2.75) is 27.3 Å². The van der Waals surface area contributed by atoms with Crippen LogP contribution in [-0.4, -0.2) is 47.2 Å². The molecular weight excluding hydrogens is 338 g/mol. The smallest absolute Gasteiger partial charge is 0.322 e. The van der Waals surface area contributed by atoms with Gasteiger partial charge >= 0.3 is 5.97 Å². The van der Waals surface area contributed by atoms with Crippen LogP contribution in [0.25, 0.3) is 10.9 Å². The number of fused-ring (bicyclic) bond motifs is 1. The standard InChI is InChI=1S/C18H23N3O5/c1-4-21-14-7-6-12(26-5-2)8-13(14)11(3)17(21)18(25)20-9-15(22)19-10-16(23)24/h6-8H,4-5,9-10H2,1-3H3,(H,19,22)(H,20,25)(H,23,24). The second kappa shape index (κ2) is 8.37. The summed E-state index contributed by atoms with van der Waals surface area (Å²) in [4.78, 5) is 34.7. The Bertz CT molecular complexity index is 841. The van der Waals surface area contributed by atoms with Gasteiger partial charge in [-0.25, -0.2) is 0 Å². The molecule has 1 heterocycles. The molecule has 0 unspecified atom stereocenters. The molecular formula is C18H23N3O5. The number of nitrogens with one attached hydrogen (secondary N) is 2. The maximum atomic E-state index is 12.6. The molecule has 8 nitrogen and oxygen atoms in total. The van der Waals surface area contributed by atoms with E-state index in [4.69, 9.17) is 9.84 Å². The van der Waals surface area contributed by atoms with Gasteiger partial charge in [-0.15, -0.1) is 0 Å². The molecule has 0 aliphatic carbocycles. The quantitative estimate of drug-likeness (QED) is 0.656. The van der Waals surface area contributed by atoms with Gasteiger partial charge in [-0.05, 0) is 44.5 Å². The third-order valence-corrected chi connectivity index (χ3v) is 3.98. The molecule has 0 saturated carbocycles. The zero-order valence-electron chi connectivity index (χ0n) is 15.1. The van der Waals surface area contributed by atoms with E-state index in [0.717, 1.165) is 22.2 Å². The number of ether oxygens (including phenoxy) is 1. The van der Waals surface area contributed by atoms with Crippen LogP contribution >= 0.6 is 0 Å². The first-order chi connectivity index (χ1) is 12.4. The lowest BCUT2D eigenvalue weighted by Gasteiger charge is -2.10. The second-order valence-corrected chi connectivity index (χ2v) is 5.68. The molecule has 0 atom stereocenters. The Morgan fingerprint density at radius 2 is 1.88 bits per heavy atom. The van der Waals surface area contributed by atoms with E-state index in [2.05, 4.69) is 10.6 Å². The van der Waals surface area contributed by atoms with Gasteiger partial charge in [-0.1, -0.05) is 0 Å². The van der Waals surface area contributed by atoms with Crippen LogP contribution in [0.5, 0.6) is 5.75 Å². The normalized spacial score (nSPS) is 10.6. The summed E-state index contributed by atoms with van der Waals surface area (Å²) >= 11 is 0. The molecule has 26 heavy (non-hydrogen) atoms. The molecule has 1 aromatic carbocycles. The maximum Gasteiger partial charge on any atom is 0.322 e. The van der Waals surface area contributed by atoms with E-state index in [9.17, 15) is 14.4 Å². The van der Waals surface area contributed by atoms with E-state index in [1.54, 1.807) is 0 Å². The van der Waals surface area contributed by atoms with Crippen LogP contribution in [-0.2, 0) is 16.1 Å². The molecule has 1 aromatic heterocycles. The minimum absolute atomic E-state index is 0.291. The number of carboxylic acids is 1. The minimum Gasteiger partial charge on any atom is -0.494 e. The molecule has 0 fully saturated rings. The van der Waals surface area contributed by atoms with E-state index in [1.807, 2.05) is 43.5 Å². The second-order valence-electron chi connectivity index (χ2n) is 5.68. The van der Waals surface area contributed by atoms with E-state index >= 15 is 0 Å². The lowest BCUT2D eigenvalue weighted by Crippen LogP contribution is -2.39. The first kappa shape index (κ1) is 19.3.